The lowest BCUT2D eigenvalue weighted by Gasteiger charge is -2.17. The van der Waals surface area contributed by atoms with Crippen LogP contribution in [0.4, 0.5) is 5.13 Å². The maximum absolute atomic E-state index is 11.2. The number of anilines is 1. The van der Waals surface area contributed by atoms with Crippen LogP contribution in [0.1, 0.15) is 24.3 Å². The van der Waals surface area contributed by atoms with Crippen molar-refractivity contribution in [2.75, 3.05) is 25.6 Å². The van der Waals surface area contributed by atoms with E-state index in [9.17, 15) is 4.79 Å². The molecule has 0 spiro atoms. The Kier molecular flexibility index (Phi) is 4.08. The molecule has 1 aromatic heterocycles. The van der Waals surface area contributed by atoms with Gasteiger partial charge in [-0.05, 0) is 5.92 Å². The molecule has 0 aliphatic carbocycles. The van der Waals surface area contributed by atoms with Gasteiger partial charge < -0.3 is 9.64 Å². The fourth-order valence-electron chi connectivity index (χ4n) is 1.26. The molecule has 0 atom stereocenters. The van der Waals surface area contributed by atoms with Gasteiger partial charge in [-0.15, -0.1) is 11.3 Å². The van der Waals surface area contributed by atoms with Gasteiger partial charge in [0.05, 0.1) is 7.11 Å². The van der Waals surface area contributed by atoms with Crippen molar-refractivity contribution in [3.63, 3.8) is 0 Å². The molecule has 0 aliphatic heterocycles. The molecule has 1 heterocycles. The normalized spacial score (nSPS) is 10.5. The fraction of sp³-hybridized carbons (Fsp3) is 0.600. The molecule has 0 bridgehead atoms. The Labute approximate surface area is 93.9 Å². The predicted octanol–water partition coefficient (Wildman–Crippen LogP) is 2.02. The van der Waals surface area contributed by atoms with Crippen molar-refractivity contribution in [1.82, 2.24) is 4.98 Å². The molecule has 1 rings (SSSR count). The number of nitrogens with zero attached hydrogens (tertiary/aromatic N) is 2. The summed E-state index contributed by atoms with van der Waals surface area (Å²) in [5, 5.41) is 2.57. The van der Waals surface area contributed by atoms with E-state index >= 15 is 0 Å². The second-order valence-corrected chi connectivity index (χ2v) is 4.62. The molecule has 5 heteroatoms. The Hall–Kier alpha value is -1.10. The van der Waals surface area contributed by atoms with Gasteiger partial charge >= 0.3 is 5.97 Å². The molecule has 15 heavy (non-hydrogen) atoms. The number of hydrogen-bond donors (Lipinski definition) is 0. The highest BCUT2D eigenvalue weighted by atomic mass is 32.1. The highest BCUT2D eigenvalue weighted by molar-refractivity contribution is 7.13. The summed E-state index contributed by atoms with van der Waals surface area (Å²) in [7, 11) is 3.33. The first-order valence-electron chi connectivity index (χ1n) is 4.79. The van der Waals surface area contributed by atoms with Crippen LogP contribution in [0.15, 0.2) is 5.38 Å². The molecule has 1 aromatic rings. The molecule has 0 amide bonds. The highest BCUT2D eigenvalue weighted by Gasteiger charge is 2.13. The second-order valence-electron chi connectivity index (χ2n) is 3.78. The molecule has 0 fully saturated rings. The largest absolute Gasteiger partial charge is 0.464 e. The van der Waals surface area contributed by atoms with E-state index in [4.69, 9.17) is 0 Å². The summed E-state index contributed by atoms with van der Waals surface area (Å²) in [4.78, 5) is 17.4. The smallest absolute Gasteiger partial charge is 0.357 e. The number of rotatable bonds is 4. The van der Waals surface area contributed by atoms with Gasteiger partial charge in [-0.1, -0.05) is 13.8 Å². The van der Waals surface area contributed by atoms with Crippen molar-refractivity contribution < 1.29 is 9.53 Å². The SMILES string of the molecule is COC(=O)c1csc(N(C)CC(C)C)n1. The van der Waals surface area contributed by atoms with Crippen LogP contribution in [0.3, 0.4) is 0 Å². The Morgan fingerprint density at radius 3 is 2.87 bits per heavy atom. The van der Waals surface area contributed by atoms with Crippen molar-refractivity contribution in [2.45, 2.75) is 13.8 Å². The van der Waals surface area contributed by atoms with Gasteiger partial charge in [0.2, 0.25) is 0 Å². The number of esters is 1. The Bertz CT molecular complexity index is 336. The van der Waals surface area contributed by atoms with Crippen LogP contribution in [0.25, 0.3) is 0 Å². The van der Waals surface area contributed by atoms with E-state index in [1.807, 2.05) is 11.9 Å². The highest BCUT2D eigenvalue weighted by Crippen LogP contribution is 2.20. The first-order valence-corrected chi connectivity index (χ1v) is 5.67. The maximum atomic E-state index is 11.2. The van der Waals surface area contributed by atoms with Crippen molar-refractivity contribution in [1.29, 1.82) is 0 Å². The van der Waals surface area contributed by atoms with Crippen LogP contribution >= 0.6 is 11.3 Å². The van der Waals surface area contributed by atoms with Crippen molar-refractivity contribution >= 4 is 22.4 Å². The zero-order valence-corrected chi connectivity index (χ0v) is 10.3. The topological polar surface area (TPSA) is 42.4 Å². The van der Waals surface area contributed by atoms with Crippen LogP contribution in [0.5, 0.6) is 0 Å². The Morgan fingerprint density at radius 1 is 1.67 bits per heavy atom. The predicted molar refractivity (Wildman–Crippen MR) is 61.6 cm³/mol. The molecule has 84 valence electrons. The summed E-state index contributed by atoms with van der Waals surface area (Å²) < 4.78 is 4.60. The van der Waals surface area contributed by atoms with Gasteiger partial charge in [0.15, 0.2) is 10.8 Å². The first kappa shape index (κ1) is 12.0. The number of carbonyl (C=O) groups is 1. The van der Waals surface area contributed by atoms with Crippen LogP contribution in [-0.4, -0.2) is 31.7 Å². The first-order chi connectivity index (χ1) is 7.04. The number of aromatic nitrogens is 1. The maximum Gasteiger partial charge on any atom is 0.357 e. The number of ether oxygens (including phenoxy) is 1. The average molecular weight is 228 g/mol. The lowest BCUT2D eigenvalue weighted by molar-refractivity contribution is 0.0595. The zero-order valence-electron chi connectivity index (χ0n) is 9.48. The summed E-state index contributed by atoms with van der Waals surface area (Å²) in [6.07, 6.45) is 0. The van der Waals surface area contributed by atoms with Crippen LogP contribution < -0.4 is 4.90 Å². The summed E-state index contributed by atoms with van der Waals surface area (Å²) in [5.74, 6) is 0.191. The molecule has 0 aromatic carbocycles. The minimum Gasteiger partial charge on any atom is -0.464 e. The molecule has 0 saturated carbocycles. The third-order valence-electron chi connectivity index (χ3n) is 1.85. The molecule has 0 N–H and O–H groups in total. The van der Waals surface area contributed by atoms with Crippen LogP contribution in [-0.2, 0) is 4.74 Å². The molecule has 0 unspecified atom stereocenters. The standard InChI is InChI=1S/C10H16N2O2S/c1-7(2)5-12(3)10-11-8(6-15-10)9(13)14-4/h6-7H,5H2,1-4H3. The van der Waals surface area contributed by atoms with Crippen molar-refractivity contribution in [2.24, 2.45) is 5.92 Å². The lowest BCUT2D eigenvalue weighted by atomic mass is 10.2. The third kappa shape index (κ3) is 3.20. The second kappa shape index (κ2) is 5.11. The molecule has 4 nitrogen and oxygen atoms in total. The Balaban J connectivity index is 2.71. The minimum atomic E-state index is -0.379. The van der Waals surface area contributed by atoms with Gasteiger partial charge in [0.25, 0.3) is 0 Å². The van der Waals surface area contributed by atoms with E-state index in [0.717, 1.165) is 11.7 Å². The average Bonchev–Trinajstić information content (AvgIpc) is 2.64. The van der Waals surface area contributed by atoms with Crippen LogP contribution in [0.2, 0.25) is 0 Å². The van der Waals surface area contributed by atoms with Gasteiger partial charge in [0, 0.05) is 19.0 Å². The third-order valence-corrected chi connectivity index (χ3v) is 2.81. The van der Waals surface area contributed by atoms with E-state index in [1.165, 1.54) is 18.4 Å². The van der Waals surface area contributed by atoms with E-state index < -0.39 is 0 Å². The monoisotopic (exact) mass is 228 g/mol. The number of thiazole rings is 1. The molecule has 0 saturated heterocycles. The summed E-state index contributed by atoms with van der Waals surface area (Å²) in [6.45, 7) is 5.21. The molecule has 0 aliphatic rings. The Morgan fingerprint density at radius 2 is 2.33 bits per heavy atom. The van der Waals surface area contributed by atoms with E-state index in [1.54, 1.807) is 5.38 Å². The van der Waals surface area contributed by atoms with E-state index in [-0.39, 0.29) is 5.97 Å². The van der Waals surface area contributed by atoms with Crippen LogP contribution in [0, 0.1) is 5.92 Å². The number of hydrogen-bond acceptors (Lipinski definition) is 5. The fourth-order valence-corrected chi connectivity index (χ4v) is 2.04. The van der Waals surface area contributed by atoms with Gasteiger partial charge in [0.1, 0.15) is 0 Å². The zero-order chi connectivity index (χ0) is 11.4. The quantitative estimate of drug-likeness (QED) is 0.739. The number of methoxy groups -OCH3 is 1. The van der Waals surface area contributed by atoms with E-state index in [2.05, 4.69) is 23.6 Å². The minimum absolute atomic E-state index is 0.379. The summed E-state index contributed by atoms with van der Waals surface area (Å²) in [6, 6.07) is 0. The van der Waals surface area contributed by atoms with Gasteiger partial charge in [-0.3, -0.25) is 0 Å². The molecular weight excluding hydrogens is 212 g/mol. The van der Waals surface area contributed by atoms with Crippen molar-refractivity contribution in [3.05, 3.63) is 11.1 Å². The summed E-state index contributed by atoms with van der Waals surface area (Å²) in [5.41, 5.74) is 0.383. The van der Waals surface area contributed by atoms with Gasteiger partial charge in [-0.25, -0.2) is 9.78 Å². The van der Waals surface area contributed by atoms with Crippen molar-refractivity contribution in [3.8, 4) is 0 Å². The number of carbonyl (C=O) groups excluding carboxylic acids is 1. The van der Waals surface area contributed by atoms with E-state index in [0.29, 0.717) is 11.6 Å². The summed E-state index contributed by atoms with van der Waals surface area (Å²) >= 11 is 1.46. The molecule has 0 radical (unpaired) electrons. The lowest BCUT2D eigenvalue weighted by Crippen LogP contribution is -2.22. The molecular formula is C10H16N2O2S. The van der Waals surface area contributed by atoms with Gasteiger partial charge in [-0.2, -0.15) is 0 Å².